The molecule has 0 aliphatic carbocycles. The van der Waals surface area contributed by atoms with E-state index in [-0.39, 0.29) is 17.3 Å². The molecule has 0 saturated heterocycles. The van der Waals surface area contributed by atoms with Crippen molar-refractivity contribution in [2.24, 2.45) is 10.7 Å². The summed E-state index contributed by atoms with van der Waals surface area (Å²) in [5, 5.41) is 3.03. The lowest BCUT2D eigenvalue weighted by molar-refractivity contribution is 0.529. The second kappa shape index (κ2) is 5.85. The number of halogens is 1. The first-order chi connectivity index (χ1) is 8.31. The van der Waals surface area contributed by atoms with Crippen LogP contribution in [0.1, 0.15) is 33.3 Å². The Bertz CT molecular complexity index is 425. The highest BCUT2D eigenvalue weighted by molar-refractivity contribution is 5.78. The number of guanidine groups is 1. The molecular weight excluding hydrogens is 229 g/mol. The molecule has 4 heteroatoms. The highest BCUT2D eigenvalue weighted by Crippen LogP contribution is 2.23. The molecule has 0 amide bonds. The molecule has 18 heavy (non-hydrogen) atoms. The molecule has 100 valence electrons. The molecule has 0 aliphatic heterocycles. The zero-order valence-corrected chi connectivity index (χ0v) is 11.5. The topological polar surface area (TPSA) is 50.4 Å². The largest absolute Gasteiger partial charge is 0.370 e. The van der Waals surface area contributed by atoms with Gasteiger partial charge < -0.3 is 11.1 Å². The second-order valence-electron chi connectivity index (χ2n) is 5.39. The van der Waals surface area contributed by atoms with Crippen molar-refractivity contribution in [1.82, 2.24) is 5.32 Å². The number of hydrogen-bond donors (Lipinski definition) is 2. The van der Waals surface area contributed by atoms with Crippen LogP contribution in [0, 0.1) is 5.82 Å². The van der Waals surface area contributed by atoms with Gasteiger partial charge in [-0.05, 0) is 31.5 Å². The molecule has 3 N–H and O–H groups in total. The van der Waals surface area contributed by atoms with Crippen molar-refractivity contribution in [1.29, 1.82) is 0 Å². The number of rotatable bonds is 4. The summed E-state index contributed by atoms with van der Waals surface area (Å²) in [4.78, 5) is 4.30. The van der Waals surface area contributed by atoms with Crippen LogP contribution in [0.2, 0.25) is 0 Å². The SMILES string of the molecule is CC(C)NC(N)=NCC(C)(C)c1cccc(F)c1. The number of aliphatic imine (C=N–C) groups is 1. The molecule has 0 spiro atoms. The van der Waals surface area contributed by atoms with Crippen LogP contribution >= 0.6 is 0 Å². The molecule has 0 saturated carbocycles. The zero-order valence-electron chi connectivity index (χ0n) is 11.5. The van der Waals surface area contributed by atoms with Crippen LogP contribution in [-0.4, -0.2) is 18.5 Å². The highest BCUT2D eigenvalue weighted by Gasteiger charge is 2.20. The Hall–Kier alpha value is -1.58. The van der Waals surface area contributed by atoms with Crippen molar-refractivity contribution in [2.75, 3.05) is 6.54 Å². The maximum atomic E-state index is 13.2. The Morgan fingerprint density at radius 2 is 2.11 bits per heavy atom. The van der Waals surface area contributed by atoms with E-state index in [1.54, 1.807) is 12.1 Å². The van der Waals surface area contributed by atoms with E-state index >= 15 is 0 Å². The van der Waals surface area contributed by atoms with E-state index in [1.807, 2.05) is 33.8 Å². The van der Waals surface area contributed by atoms with Crippen LogP contribution in [0.5, 0.6) is 0 Å². The van der Waals surface area contributed by atoms with Crippen molar-refractivity contribution >= 4 is 5.96 Å². The van der Waals surface area contributed by atoms with Crippen LogP contribution in [0.3, 0.4) is 0 Å². The fourth-order valence-electron chi connectivity index (χ4n) is 1.62. The summed E-state index contributed by atoms with van der Waals surface area (Å²) >= 11 is 0. The summed E-state index contributed by atoms with van der Waals surface area (Å²) < 4.78 is 13.2. The first-order valence-corrected chi connectivity index (χ1v) is 6.14. The monoisotopic (exact) mass is 251 g/mol. The van der Waals surface area contributed by atoms with Gasteiger partial charge in [0.05, 0.1) is 6.54 Å². The molecule has 0 bridgehead atoms. The molecule has 0 radical (unpaired) electrons. The third kappa shape index (κ3) is 4.35. The van der Waals surface area contributed by atoms with Gasteiger partial charge in [-0.25, -0.2) is 4.39 Å². The molecule has 0 aromatic heterocycles. The number of nitrogens with one attached hydrogen (secondary N) is 1. The smallest absolute Gasteiger partial charge is 0.188 e. The third-order valence-electron chi connectivity index (χ3n) is 2.69. The standard InChI is InChI=1S/C14H22FN3/c1-10(2)18-13(16)17-9-14(3,4)11-6-5-7-12(15)8-11/h5-8,10H,9H2,1-4H3,(H3,16,17,18). The average molecular weight is 251 g/mol. The van der Waals surface area contributed by atoms with Crippen LogP contribution in [0.25, 0.3) is 0 Å². The van der Waals surface area contributed by atoms with Gasteiger partial charge in [0.25, 0.3) is 0 Å². The summed E-state index contributed by atoms with van der Waals surface area (Å²) in [5.41, 5.74) is 6.43. The van der Waals surface area contributed by atoms with Gasteiger partial charge in [0.2, 0.25) is 0 Å². The maximum Gasteiger partial charge on any atom is 0.188 e. The van der Waals surface area contributed by atoms with Crippen molar-refractivity contribution in [2.45, 2.75) is 39.2 Å². The quantitative estimate of drug-likeness (QED) is 0.638. The number of nitrogens with two attached hydrogens (primary N) is 1. The van der Waals surface area contributed by atoms with Crippen LogP contribution in [-0.2, 0) is 5.41 Å². The molecule has 0 heterocycles. The molecule has 1 aromatic carbocycles. The van der Waals surface area contributed by atoms with Gasteiger partial charge in [0.1, 0.15) is 5.82 Å². The molecule has 1 aromatic rings. The first kappa shape index (κ1) is 14.5. The van der Waals surface area contributed by atoms with Crippen LogP contribution in [0.4, 0.5) is 4.39 Å². The zero-order chi connectivity index (χ0) is 13.8. The van der Waals surface area contributed by atoms with Crippen LogP contribution < -0.4 is 11.1 Å². The van der Waals surface area contributed by atoms with E-state index in [0.717, 1.165) is 5.56 Å². The van der Waals surface area contributed by atoms with E-state index in [1.165, 1.54) is 6.07 Å². The predicted octanol–water partition coefficient (Wildman–Crippen LogP) is 2.42. The van der Waals surface area contributed by atoms with Gasteiger partial charge in [-0.15, -0.1) is 0 Å². The Morgan fingerprint density at radius 1 is 1.44 bits per heavy atom. The summed E-state index contributed by atoms with van der Waals surface area (Å²) in [6, 6.07) is 6.86. The number of hydrogen-bond acceptors (Lipinski definition) is 1. The minimum Gasteiger partial charge on any atom is -0.370 e. The fourth-order valence-corrected chi connectivity index (χ4v) is 1.62. The molecule has 1 rings (SSSR count). The Balaban J connectivity index is 2.76. The summed E-state index contributed by atoms with van der Waals surface area (Å²) in [6.07, 6.45) is 0. The van der Waals surface area contributed by atoms with Gasteiger partial charge in [-0.1, -0.05) is 26.0 Å². The molecule has 0 atom stereocenters. The minimum atomic E-state index is -0.245. The van der Waals surface area contributed by atoms with E-state index in [2.05, 4.69) is 10.3 Å². The molecule has 3 nitrogen and oxygen atoms in total. The van der Waals surface area contributed by atoms with Crippen molar-refractivity contribution in [3.8, 4) is 0 Å². The Kier molecular flexibility index (Phi) is 4.70. The average Bonchev–Trinajstić information content (AvgIpc) is 2.26. The van der Waals surface area contributed by atoms with Gasteiger partial charge in [0, 0.05) is 11.5 Å². The van der Waals surface area contributed by atoms with Gasteiger partial charge in [-0.2, -0.15) is 0 Å². The molecular formula is C14H22FN3. The number of nitrogens with zero attached hydrogens (tertiary/aromatic N) is 1. The van der Waals surface area contributed by atoms with E-state index < -0.39 is 0 Å². The number of benzene rings is 1. The van der Waals surface area contributed by atoms with E-state index in [9.17, 15) is 4.39 Å². The fraction of sp³-hybridized carbons (Fsp3) is 0.500. The maximum absolute atomic E-state index is 13.2. The second-order valence-corrected chi connectivity index (χ2v) is 5.39. The summed E-state index contributed by atoms with van der Waals surface area (Å²) in [7, 11) is 0. The van der Waals surface area contributed by atoms with E-state index in [0.29, 0.717) is 12.5 Å². The third-order valence-corrected chi connectivity index (χ3v) is 2.69. The molecule has 0 aliphatic rings. The van der Waals surface area contributed by atoms with Gasteiger partial charge >= 0.3 is 0 Å². The van der Waals surface area contributed by atoms with Gasteiger partial charge in [-0.3, -0.25) is 4.99 Å². The Morgan fingerprint density at radius 3 is 2.67 bits per heavy atom. The molecule has 0 unspecified atom stereocenters. The first-order valence-electron chi connectivity index (χ1n) is 6.14. The lowest BCUT2D eigenvalue weighted by atomic mass is 9.85. The summed E-state index contributed by atoms with van der Waals surface area (Å²) in [5.74, 6) is 0.201. The highest BCUT2D eigenvalue weighted by atomic mass is 19.1. The van der Waals surface area contributed by atoms with Crippen LogP contribution in [0.15, 0.2) is 29.3 Å². The van der Waals surface area contributed by atoms with Crippen molar-refractivity contribution in [3.05, 3.63) is 35.6 Å². The molecule has 0 fully saturated rings. The van der Waals surface area contributed by atoms with E-state index in [4.69, 9.17) is 5.73 Å². The van der Waals surface area contributed by atoms with Gasteiger partial charge in [0.15, 0.2) is 5.96 Å². The van der Waals surface area contributed by atoms with Crippen molar-refractivity contribution < 1.29 is 4.39 Å². The lowest BCUT2D eigenvalue weighted by Gasteiger charge is -2.23. The lowest BCUT2D eigenvalue weighted by Crippen LogP contribution is -2.38. The Labute approximate surface area is 108 Å². The predicted molar refractivity (Wildman–Crippen MR) is 74.2 cm³/mol. The minimum absolute atomic E-state index is 0.224. The summed E-state index contributed by atoms with van der Waals surface area (Å²) in [6.45, 7) is 8.56. The normalized spacial score (nSPS) is 12.9. The van der Waals surface area contributed by atoms with Crippen molar-refractivity contribution in [3.63, 3.8) is 0 Å².